The molecule has 1 aliphatic rings. The van der Waals surface area contributed by atoms with E-state index in [1.165, 1.54) is 21.7 Å². The van der Waals surface area contributed by atoms with E-state index in [0.717, 1.165) is 11.4 Å². The lowest BCUT2D eigenvalue weighted by Gasteiger charge is -2.31. The fraction of sp³-hybridized carbons (Fsp3) is 0.412. The van der Waals surface area contributed by atoms with Gasteiger partial charge in [-0.1, -0.05) is 13.0 Å². The summed E-state index contributed by atoms with van der Waals surface area (Å²) < 4.78 is 27.2. The predicted molar refractivity (Wildman–Crippen MR) is 102 cm³/mol. The predicted octanol–water partition coefficient (Wildman–Crippen LogP) is 1.89. The maximum atomic E-state index is 12.8. The lowest BCUT2D eigenvalue weighted by atomic mass is 10.3. The number of carbonyl (C=O) groups is 1. The molecule has 1 aromatic carbocycles. The minimum Gasteiger partial charge on any atom is -0.321 e. The number of amides is 1. The molecule has 1 aromatic heterocycles. The molecule has 1 fully saturated rings. The van der Waals surface area contributed by atoms with Gasteiger partial charge >= 0.3 is 0 Å². The van der Waals surface area contributed by atoms with Gasteiger partial charge in [-0.2, -0.15) is 4.31 Å². The quantitative estimate of drug-likeness (QED) is 0.837. The number of nitrogens with zero attached hydrogens (tertiary/aromatic N) is 3. The molecule has 1 saturated heterocycles. The van der Waals surface area contributed by atoms with E-state index in [0.29, 0.717) is 36.7 Å². The molecule has 0 radical (unpaired) electrons. The van der Waals surface area contributed by atoms with E-state index in [1.807, 2.05) is 14.0 Å². The number of anilines is 1. The van der Waals surface area contributed by atoms with Gasteiger partial charge in [-0.25, -0.2) is 13.4 Å². The van der Waals surface area contributed by atoms with Crippen molar-refractivity contribution in [3.05, 3.63) is 40.3 Å². The highest BCUT2D eigenvalue weighted by atomic mass is 32.2. The SMILES string of the molecule is CCc1ncc(C(=O)Nc2cccc(S(=O)(=O)N3CCN(C)CC3)c2)s1. The van der Waals surface area contributed by atoms with Crippen LogP contribution in [0.4, 0.5) is 5.69 Å². The van der Waals surface area contributed by atoms with E-state index in [9.17, 15) is 13.2 Å². The molecule has 7 nitrogen and oxygen atoms in total. The van der Waals surface area contributed by atoms with Crippen LogP contribution in [0.3, 0.4) is 0 Å². The summed E-state index contributed by atoms with van der Waals surface area (Å²) in [5.74, 6) is -0.281. The summed E-state index contributed by atoms with van der Waals surface area (Å²) in [4.78, 5) is 19.3. The first-order valence-corrected chi connectivity index (χ1v) is 10.7. The molecular weight excluding hydrogens is 372 g/mol. The van der Waals surface area contributed by atoms with Gasteiger partial charge in [-0.05, 0) is 31.7 Å². The van der Waals surface area contributed by atoms with E-state index in [2.05, 4.69) is 15.2 Å². The minimum atomic E-state index is -3.56. The molecule has 1 aliphatic heterocycles. The van der Waals surface area contributed by atoms with Crippen molar-refractivity contribution in [3.8, 4) is 0 Å². The molecule has 26 heavy (non-hydrogen) atoms. The fourth-order valence-electron chi connectivity index (χ4n) is 2.68. The first-order chi connectivity index (χ1) is 12.4. The van der Waals surface area contributed by atoms with Crippen LogP contribution in [-0.4, -0.2) is 61.7 Å². The van der Waals surface area contributed by atoms with Crippen molar-refractivity contribution >= 4 is 33.0 Å². The third kappa shape index (κ3) is 4.12. The number of benzene rings is 1. The topological polar surface area (TPSA) is 82.6 Å². The second kappa shape index (κ2) is 7.83. The molecule has 2 heterocycles. The second-order valence-electron chi connectivity index (χ2n) is 6.16. The van der Waals surface area contributed by atoms with Crippen LogP contribution in [0.5, 0.6) is 0 Å². The van der Waals surface area contributed by atoms with Crippen LogP contribution in [0.15, 0.2) is 35.4 Å². The van der Waals surface area contributed by atoms with Crippen LogP contribution >= 0.6 is 11.3 Å². The van der Waals surface area contributed by atoms with E-state index in [4.69, 9.17) is 0 Å². The number of nitrogens with one attached hydrogen (secondary N) is 1. The number of aryl methyl sites for hydroxylation is 1. The lowest BCUT2D eigenvalue weighted by Crippen LogP contribution is -2.47. The molecule has 0 unspecified atom stereocenters. The summed E-state index contributed by atoms with van der Waals surface area (Å²) in [5.41, 5.74) is 0.455. The summed E-state index contributed by atoms with van der Waals surface area (Å²) in [7, 11) is -1.59. The Morgan fingerprint density at radius 1 is 1.27 bits per heavy atom. The van der Waals surface area contributed by atoms with Crippen molar-refractivity contribution < 1.29 is 13.2 Å². The zero-order valence-electron chi connectivity index (χ0n) is 14.8. The molecule has 0 aliphatic carbocycles. The highest BCUT2D eigenvalue weighted by molar-refractivity contribution is 7.89. The Balaban J connectivity index is 1.76. The molecule has 0 saturated carbocycles. The third-order valence-corrected chi connectivity index (χ3v) is 7.31. The van der Waals surface area contributed by atoms with Crippen LogP contribution in [-0.2, 0) is 16.4 Å². The normalized spacial score (nSPS) is 16.5. The van der Waals surface area contributed by atoms with Crippen molar-refractivity contribution in [2.45, 2.75) is 18.2 Å². The Hall–Kier alpha value is -1.81. The van der Waals surface area contributed by atoms with Gasteiger partial charge in [0.25, 0.3) is 5.91 Å². The second-order valence-corrected chi connectivity index (χ2v) is 9.21. The number of sulfonamides is 1. The van der Waals surface area contributed by atoms with Gasteiger partial charge in [-0.3, -0.25) is 4.79 Å². The molecule has 2 aromatic rings. The van der Waals surface area contributed by atoms with Crippen LogP contribution in [0.2, 0.25) is 0 Å². The highest BCUT2D eigenvalue weighted by Gasteiger charge is 2.27. The Morgan fingerprint density at radius 2 is 2.00 bits per heavy atom. The molecule has 140 valence electrons. The van der Waals surface area contributed by atoms with Gasteiger partial charge in [0.1, 0.15) is 4.88 Å². The van der Waals surface area contributed by atoms with Crippen molar-refractivity contribution in [1.82, 2.24) is 14.2 Å². The van der Waals surface area contributed by atoms with Gasteiger partial charge in [-0.15, -0.1) is 11.3 Å². The molecule has 0 bridgehead atoms. The largest absolute Gasteiger partial charge is 0.321 e. The molecule has 1 amide bonds. The number of hydrogen-bond donors (Lipinski definition) is 1. The Labute approximate surface area is 157 Å². The van der Waals surface area contributed by atoms with Crippen molar-refractivity contribution in [3.63, 3.8) is 0 Å². The van der Waals surface area contributed by atoms with Crippen LogP contribution in [0, 0.1) is 0 Å². The van der Waals surface area contributed by atoms with Gasteiger partial charge in [0.05, 0.1) is 16.1 Å². The molecule has 0 atom stereocenters. The maximum absolute atomic E-state index is 12.8. The highest BCUT2D eigenvalue weighted by Crippen LogP contribution is 2.22. The van der Waals surface area contributed by atoms with Crippen molar-refractivity contribution in [1.29, 1.82) is 0 Å². The maximum Gasteiger partial charge on any atom is 0.267 e. The average molecular weight is 395 g/mol. The summed E-state index contributed by atoms with van der Waals surface area (Å²) in [6.07, 6.45) is 2.32. The van der Waals surface area contributed by atoms with Crippen LogP contribution in [0.25, 0.3) is 0 Å². The van der Waals surface area contributed by atoms with E-state index >= 15 is 0 Å². The molecule has 9 heteroatoms. The Morgan fingerprint density at radius 3 is 2.65 bits per heavy atom. The van der Waals surface area contributed by atoms with Gasteiger partial charge < -0.3 is 10.2 Å². The summed E-state index contributed by atoms with van der Waals surface area (Å²) >= 11 is 1.34. The first-order valence-electron chi connectivity index (χ1n) is 8.45. The van der Waals surface area contributed by atoms with E-state index in [-0.39, 0.29) is 10.8 Å². The third-order valence-electron chi connectivity index (χ3n) is 4.27. The summed E-state index contributed by atoms with van der Waals surface area (Å²) in [6.45, 7) is 4.33. The average Bonchev–Trinajstić information content (AvgIpc) is 3.12. The zero-order valence-corrected chi connectivity index (χ0v) is 16.4. The smallest absolute Gasteiger partial charge is 0.267 e. The number of piperazine rings is 1. The van der Waals surface area contributed by atoms with E-state index < -0.39 is 10.0 Å². The van der Waals surface area contributed by atoms with Gasteiger partial charge in [0.15, 0.2) is 0 Å². The lowest BCUT2D eigenvalue weighted by molar-refractivity contribution is 0.103. The molecule has 0 spiro atoms. The number of aromatic nitrogens is 1. The first kappa shape index (κ1) is 19.0. The number of carbonyl (C=O) groups excluding carboxylic acids is 1. The molecule has 3 rings (SSSR count). The number of likely N-dealkylation sites (N-methyl/N-ethyl adjacent to an activating group) is 1. The summed E-state index contributed by atoms with van der Waals surface area (Å²) in [5, 5.41) is 3.65. The fourth-order valence-corrected chi connectivity index (χ4v) is 4.90. The minimum absolute atomic E-state index is 0.193. The Bertz CT molecular complexity index is 887. The van der Waals surface area contributed by atoms with Crippen LogP contribution in [0.1, 0.15) is 21.6 Å². The molecular formula is C17H22N4O3S2. The summed E-state index contributed by atoms with van der Waals surface area (Å²) in [6, 6.07) is 6.39. The number of thiazole rings is 1. The van der Waals surface area contributed by atoms with Crippen molar-refractivity contribution in [2.75, 3.05) is 38.5 Å². The van der Waals surface area contributed by atoms with Gasteiger partial charge in [0, 0.05) is 31.9 Å². The number of rotatable bonds is 5. The van der Waals surface area contributed by atoms with Gasteiger partial charge in [0.2, 0.25) is 10.0 Å². The van der Waals surface area contributed by atoms with Crippen LogP contribution < -0.4 is 5.32 Å². The number of hydrogen-bond acceptors (Lipinski definition) is 6. The monoisotopic (exact) mass is 394 g/mol. The van der Waals surface area contributed by atoms with Crippen molar-refractivity contribution in [2.24, 2.45) is 0 Å². The van der Waals surface area contributed by atoms with E-state index in [1.54, 1.807) is 24.4 Å². The standard InChI is InChI=1S/C17H22N4O3S2/c1-3-16-18-12-15(25-16)17(22)19-13-5-4-6-14(11-13)26(23,24)21-9-7-20(2)8-10-21/h4-6,11-12H,3,7-10H2,1-2H3,(H,19,22). The zero-order chi connectivity index (χ0) is 18.7. The molecule has 1 N–H and O–H groups in total. The Kier molecular flexibility index (Phi) is 5.71.